The SMILES string of the molecule is C=CCSCC(=O)c1ccc(OCc2ccccc2)cc1. The first-order chi connectivity index (χ1) is 10.3. The predicted molar refractivity (Wildman–Crippen MR) is 89.1 cm³/mol. The Kier molecular flexibility index (Phi) is 6.10. The van der Waals surface area contributed by atoms with Crippen molar-refractivity contribution in [1.82, 2.24) is 0 Å². The van der Waals surface area contributed by atoms with Gasteiger partial charge in [-0.3, -0.25) is 4.79 Å². The van der Waals surface area contributed by atoms with Gasteiger partial charge in [0.2, 0.25) is 0 Å². The number of ether oxygens (including phenoxy) is 1. The minimum Gasteiger partial charge on any atom is -0.489 e. The second kappa shape index (κ2) is 8.32. The first kappa shape index (κ1) is 15.4. The Morgan fingerprint density at radius 3 is 2.48 bits per heavy atom. The molecule has 0 N–H and O–H groups in total. The van der Waals surface area contributed by atoms with Crippen molar-refractivity contribution in [2.75, 3.05) is 11.5 Å². The van der Waals surface area contributed by atoms with Crippen LogP contribution < -0.4 is 4.74 Å². The summed E-state index contributed by atoms with van der Waals surface area (Å²) in [7, 11) is 0. The molecule has 0 fully saturated rings. The molecule has 108 valence electrons. The highest BCUT2D eigenvalue weighted by molar-refractivity contribution is 8.00. The van der Waals surface area contributed by atoms with E-state index in [1.165, 1.54) is 0 Å². The summed E-state index contributed by atoms with van der Waals surface area (Å²) in [6.45, 7) is 4.17. The summed E-state index contributed by atoms with van der Waals surface area (Å²) in [4.78, 5) is 11.9. The number of ketones is 1. The lowest BCUT2D eigenvalue weighted by Gasteiger charge is -2.07. The Morgan fingerprint density at radius 1 is 1.10 bits per heavy atom. The van der Waals surface area contributed by atoms with E-state index >= 15 is 0 Å². The topological polar surface area (TPSA) is 26.3 Å². The molecule has 2 aromatic carbocycles. The van der Waals surface area contributed by atoms with E-state index in [1.54, 1.807) is 17.8 Å². The van der Waals surface area contributed by atoms with Crippen LogP contribution in [0.25, 0.3) is 0 Å². The van der Waals surface area contributed by atoms with Gasteiger partial charge in [0.15, 0.2) is 5.78 Å². The van der Waals surface area contributed by atoms with Gasteiger partial charge in [-0.05, 0) is 29.8 Å². The Morgan fingerprint density at radius 2 is 1.81 bits per heavy atom. The van der Waals surface area contributed by atoms with E-state index in [0.717, 1.165) is 22.6 Å². The highest BCUT2D eigenvalue weighted by Crippen LogP contribution is 2.16. The van der Waals surface area contributed by atoms with Crippen LogP contribution in [0.2, 0.25) is 0 Å². The average molecular weight is 298 g/mol. The van der Waals surface area contributed by atoms with Gasteiger partial charge < -0.3 is 4.74 Å². The van der Waals surface area contributed by atoms with Crippen LogP contribution in [0.4, 0.5) is 0 Å². The summed E-state index contributed by atoms with van der Waals surface area (Å²) >= 11 is 1.57. The van der Waals surface area contributed by atoms with Crippen molar-refractivity contribution in [1.29, 1.82) is 0 Å². The maximum Gasteiger partial charge on any atom is 0.172 e. The Balaban J connectivity index is 1.86. The summed E-state index contributed by atoms with van der Waals surface area (Å²) in [6.07, 6.45) is 1.80. The molecule has 0 amide bonds. The van der Waals surface area contributed by atoms with Crippen LogP contribution in [0.1, 0.15) is 15.9 Å². The minimum absolute atomic E-state index is 0.136. The quantitative estimate of drug-likeness (QED) is 0.411. The summed E-state index contributed by atoms with van der Waals surface area (Å²) in [5.74, 6) is 2.19. The molecule has 0 unspecified atom stereocenters. The lowest BCUT2D eigenvalue weighted by Crippen LogP contribution is -2.03. The highest BCUT2D eigenvalue weighted by atomic mass is 32.2. The lowest BCUT2D eigenvalue weighted by molar-refractivity contribution is 0.102. The van der Waals surface area contributed by atoms with Gasteiger partial charge in [-0.2, -0.15) is 0 Å². The van der Waals surface area contributed by atoms with Gasteiger partial charge in [-0.15, -0.1) is 18.3 Å². The number of rotatable bonds is 8. The Labute approximate surface area is 129 Å². The van der Waals surface area contributed by atoms with Gasteiger partial charge in [0, 0.05) is 11.3 Å². The molecule has 0 heterocycles. The third-order valence-corrected chi connectivity index (χ3v) is 3.83. The van der Waals surface area contributed by atoms with Crippen molar-refractivity contribution >= 4 is 17.5 Å². The van der Waals surface area contributed by atoms with Crippen LogP contribution in [0.5, 0.6) is 5.75 Å². The van der Waals surface area contributed by atoms with Gasteiger partial charge in [0.1, 0.15) is 12.4 Å². The van der Waals surface area contributed by atoms with E-state index in [1.807, 2.05) is 54.6 Å². The largest absolute Gasteiger partial charge is 0.489 e. The normalized spacial score (nSPS) is 10.1. The number of thioether (sulfide) groups is 1. The molecule has 0 radical (unpaired) electrons. The van der Waals surface area contributed by atoms with E-state index in [4.69, 9.17) is 4.74 Å². The lowest BCUT2D eigenvalue weighted by atomic mass is 10.1. The first-order valence-electron chi connectivity index (χ1n) is 6.78. The maximum absolute atomic E-state index is 11.9. The molecule has 0 aliphatic rings. The van der Waals surface area contributed by atoms with Crippen LogP contribution in [0.15, 0.2) is 67.3 Å². The van der Waals surface area contributed by atoms with Gasteiger partial charge in [0.05, 0.1) is 5.75 Å². The van der Waals surface area contributed by atoms with Crippen molar-refractivity contribution < 1.29 is 9.53 Å². The van der Waals surface area contributed by atoms with Crippen molar-refractivity contribution in [3.8, 4) is 5.75 Å². The average Bonchev–Trinajstić information content (AvgIpc) is 2.54. The van der Waals surface area contributed by atoms with Crippen LogP contribution in [0.3, 0.4) is 0 Å². The molecule has 2 rings (SSSR count). The number of hydrogen-bond acceptors (Lipinski definition) is 3. The zero-order chi connectivity index (χ0) is 14.9. The molecular weight excluding hydrogens is 280 g/mol. The van der Waals surface area contributed by atoms with Crippen molar-refractivity contribution in [2.45, 2.75) is 6.61 Å². The van der Waals surface area contributed by atoms with E-state index < -0.39 is 0 Å². The molecule has 0 saturated heterocycles. The smallest absolute Gasteiger partial charge is 0.172 e. The second-order valence-electron chi connectivity index (χ2n) is 4.53. The number of carbonyl (C=O) groups excluding carboxylic acids is 1. The summed E-state index contributed by atoms with van der Waals surface area (Å²) < 4.78 is 5.70. The van der Waals surface area contributed by atoms with E-state index in [0.29, 0.717) is 12.4 Å². The molecule has 0 saturated carbocycles. The Hall–Kier alpha value is -2.00. The zero-order valence-corrected chi connectivity index (χ0v) is 12.6. The fraction of sp³-hybridized carbons (Fsp3) is 0.167. The third-order valence-electron chi connectivity index (χ3n) is 2.89. The van der Waals surface area contributed by atoms with E-state index in [2.05, 4.69) is 6.58 Å². The van der Waals surface area contributed by atoms with Crippen LogP contribution >= 0.6 is 11.8 Å². The summed E-state index contributed by atoms with van der Waals surface area (Å²) in [5.41, 5.74) is 1.84. The molecule has 0 aromatic heterocycles. The molecule has 0 aliphatic heterocycles. The molecule has 0 spiro atoms. The predicted octanol–water partition coefficient (Wildman–Crippen LogP) is 4.37. The molecule has 21 heavy (non-hydrogen) atoms. The molecule has 0 bridgehead atoms. The zero-order valence-electron chi connectivity index (χ0n) is 11.8. The molecule has 2 aromatic rings. The molecule has 3 heteroatoms. The first-order valence-corrected chi connectivity index (χ1v) is 7.93. The number of carbonyl (C=O) groups is 1. The van der Waals surface area contributed by atoms with Gasteiger partial charge >= 0.3 is 0 Å². The molecule has 0 aliphatic carbocycles. The number of Topliss-reactive ketones (excluding diaryl/α,β-unsaturated/α-hetero) is 1. The van der Waals surface area contributed by atoms with Gasteiger partial charge in [-0.25, -0.2) is 0 Å². The highest BCUT2D eigenvalue weighted by Gasteiger charge is 2.05. The fourth-order valence-electron chi connectivity index (χ4n) is 1.80. The van der Waals surface area contributed by atoms with E-state index in [9.17, 15) is 4.79 Å². The van der Waals surface area contributed by atoms with Crippen molar-refractivity contribution in [3.05, 3.63) is 78.4 Å². The van der Waals surface area contributed by atoms with Crippen molar-refractivity contribution in [2.24, 2.45) is 0 Å². The number of hydrogen-bond donors (Lipinski definition) is 0. The number of benzene rings is 2. The van der Waals surface area contributed by atoms with Crippen LogP contribution in [-0.4, -0.2) is 17.3 Å². The van der Waals surface area contributed by atoms with Gasteiger partial charge in [-0.1, -0.05) is 36.4 Å². The third kappa shape index (κ3) is 5.12. The van der Waals surface area contributed by atoms with Gasteiger partial charge in [0.25, 0.3) is 0 Å². The molecule has 2 nitrogen and oxygen atoms in total. The van der Waals surface area contributed by atoms with E-state index in [-0.39, 0.29) is 5.78 Å². The summed E-state index contributed by atoms with van der Waals surface area (Å²) in [5, 5.41) is 0. The Bertz CT molecular complexity index is 576. The van der Waals surface area contributed by atoms with Crippen LogP contribution in [0, 0.1) is 0 Å². The standard InChI is InChI=1S/C18H18O2S/c1-2-12-21-14-18(19)16-8-10-17(11-9-16)20-13-15-6-4-3-5-7-15/h2-11H,1,12-14H2. The molecular formula is C18H18O2S. The minimum atomic E-state index is 0.136. The van der Waals surface area contributed by atoms with Crippen LogP contribution in [-0.2, 0) is 6.61 Å². The monoisotopic (exact) mass is 298 g/mol. The second-order valence-corrected chi connectivity index (χ2v) is 5.56. The maximum atomic E-state index is 11.9. The summed E-state index contributed by atoms with van der Waals surface area (Å²) in [6, 6.07) is 17.3. The fourth-order valence-corrected chi connectivity index (χ4v) is 2.43. The molecule has 0 atom stereocenters. The van der Waals surface area contributed by atoms with Crippen molar-refractivity contribution in [3.63, 3.8) is 0 Å².